The highest BCUT2D eigenvalue weighted by atomic mass is 19.4. The van der Waals surface area contributed by atoms with Crippen LogP contribution in [0.5, 0.6) is 5.75 Å². The average molecular weight is 419 g/mol. The van der Waals surface area contributed by atoms with Crippen molar-refractivity contribution in [3.05, 3.63) is 65.5 Å². The molecule has 1 saturated heterocycles. The molecule has 0 saturated carbocycles. The summed E-state index contributed by atoms with van der Waals surface area (Å²) in [4.78, 5) is 6.49. The van der Waals surface area contributed by atoms with E-state index in [9.17, 15) is 18.3 Å². The van der Waals surface area contributed by atoms with E-state index in [4.69, 9.17) is 4.52 Å². The summed E-state index contributed by atoms with van der Waals surface area (Å²) in [6.07, 6.45) is -4.79. The quantitative estimate of drug-likeness (QED) is 0.667. The molecule has 0 aliphatic carbocycles. The summed E-state index contributed by atoms with van der Waals surface area (Å²) >= 11 is 0. The molecule has 1 fully saturated rings. The van der Waals surface area contributed by atoms with Gasteiger partial charge in [-0.2, -0.15) is 4.98 Å². The highest BCUT2D eigenvalue weighted by molar-refractivity contribution is 5.55. The normalized spacial score (nSPS) is 19.9. The molecule has 2 atom stereocenters. The molecule has 0 spiro atoms. The summed E-state index contributed by atoms with van der Waals surface area (Å²) in [6.45, 7) is 3.14. The molecule has 3 aromatic rings. The van der Waals surface area contributed by atoms with E-state index in [1.54, 1.807) is 0 Å². The Labute approximate surface area is 170 Å². The second-order valence-electron chi connectivity index (χ2n) is 7.35. The molecule has 1 aliphatic heterocycles. The van der Waals surface area contributed by atoms with Crippen molar-refractivity contribution in [2.75, 3.05) is 6.54 Å². The molecule has 2 aromatic carbocycles. The van der Waals surface area contributed by atoms with E-state index in [0.29, 0.717) is 31.0 Å². The number of rotatable bonds is 5. The highest BCUT2D eigenvalue weighted by Crippen LogP contribution is 2.34. The first-order valence-electron chi connectivity index (χ1n) is 9.44. The van der Waals surface area contributed by atoms with Crippen LogP contribution in [0, 0.1) is 6.92 Å². The zero-order valence-electron chi connectivity index (χ0n) is 16.1. The van der Waals surface area contributed by atoms with Gasteiger partial charge in [-0.15, -0.1) is 13.2 Å². The van der Waals surface area contributed by atoms with Crippen LogP contribution >= 0.6 is 0 Å². The van der Waals surface area contributed by atoms with Crippen LogP contribution in [0.2, 0.25) is 0 Å². The van der Waals surface area contributed by atoms with Gasteiger partial charge in [0.25, 0.3) is 0 Å². The average Bonchev–Trinajstić information content (AvgIpc) is 3.30. The zero-order chi connectivity index (χ0) is 21.3. The molecule has 2 heterocycles. The van der Waals surface area contributed by atoms with Crippen LogP contribution in [0.1, 0.15) is 29.5 Å². The smallest absolute Gasteiger partial charge is 0.406 e. The van der Waals surface area contributed by atoms with Gasteiger partial charge in [0.05, 0.1) is 12.1 Å². The van der Waals surface area contributed by atoms with E-state index < -0.39 is 12.5 Å². The third-order valence-corrected chi connectivity index (χ3v) is 4.96. The van der Waals surface area contributed by atoms with Crippen molar-refractivity contribution in [2.24, 2.45) is 0 Å². The van der Waals surface area contributed by atoms with E-state index in [1.165, 1.54) is 29.8 Å². The molecule has 1 aliphatic rings. The van der Waals surface area contributed by atoms with Crippen molar-refractivity contribution in [2.45, 2.75) is 38.4 Å². The van der Waals surface area contributed by atoms with Crippen molar-refractivity contribution in [1.29, 1.82) is 0 Å². The Morgan fingerprint density at radius 2 is 1.83 bits per heavy atom. The van der Waals surface area contributed by atoms with E-state index in [2.05, 4.69) is 19.8 Å². The lowest BCUT2D eigenvalue weighted by molar-refractivity contribution is -0.274. The summed E-state index contributed by atoms with van der Waals surface area (Å²) in [7, 11) is 0. The van der Waals surface area contributed by atoms with Crippen LogP contribution in [-0.4, -0.2) is 39.2 Å². The number of likely N-dealkylation sites (tertiary alicyclic amines) is 1. The number of aryl methyl sites for hydroxylation is 1. The topological polar surface area (TPSA) is 71.6 Å². The fourth-order valence-electron chi connectivity index (χ4n) is 3.53. The zero-order valence-corrected chi connectivity index (χ0v) is 16.1. The number of benzene rings is 2. The summed E-state index contributed by atoms with van der Waals surface area (Å²) in [5.41, 5.74) is 2.78. The Morgan fingerprint density at radius 3 is 2.50 bits per heavy atom. The molecular formula is C21H20F3N3O3. The Kier molecular flexibility index (Phi) is 5.48. The fraction of sp³-hybridized carbons (Fsp3) is 0.333. The van der Waals surface area contributed by atoms with Gasteiger partial charge in [0, 0.05) is 18.7 Å². The van der Waals surface area contributed by atoms with Gasteiger partial charge < -0.3 is 14.4 Å². The van der Waals surface area contributed by atoms with Crippen molar-refractivity contribution in [1.82, 2.24) is 15.0 Å². The summed E-state index contributed by atoms with van der Waals surface area (Å²) in [5, 5.41) is 14.1. The highest BCUT2D eigenvalue weighted by Gasteiger charge is 2.36. The van der Waals surface area contributed by atoms with Gasteiger partial charge in [0.2, 0.25) is 11.7 Å². The number of β-amino-alcohol motifs (C(OH)–C–C–N with tert-alkyl or cyclic N) is 1. The standard InChI is InChI=1S/C21H20F3N3O3/c1-13-2-4-14(5-3-13)11-27-12-16(28)10-18(27)20-25-19(26-30-20)15-6-8-17(9-7-15)29-21(22,23)24/h2-9,16,18,28H,10-12H2,1H3/t16-,18+/m1/s1. The van der Waals surface area contributed by atoms with E-state index in [-0.39, 0.29) is 17.6 Å². The first-order valence-corrected chi connectivity index (χ1v) is 9.44. The molecule has 1 N–H and O–H groups in total. The predicted octanol–water partition coefficient (Wildman–Crippen LogP) is 4.25. The largest absolute Gasteiger partial charge is 0.573 e. The molecule has 6 nitrogen and oxygen atoms in total. The van der Waals surface area contributed by atoms with Crippen LogP contribution in [0.4, 0.5) is 13.2 Å². The minimum absolute atomic E-state index is 0.240. The fourth-order valence-corrected chi connectivity index (χ4v) is 3.53. The number of nitrogens with zero attached hydrogens (tertiary/aromatic N) is 3. The summed E-state index contributed by atoms with van der Waals surface area (Å²) in [6, 6.07) is 13.2. The molecule has 0 unspecified atom stereocenters. The molecule has 4 rings (SSSR count). The molecule has 0 bridgehead atoms. The minimum Gasteiger partial charge on any atom is -0.406 e. The minimum atomic E-state index is -4.74. The lowest BCUT2D eigenvalue weighted by Gasteiger charge is -2.21. The van der Waals surface area contributed by atoms with Crippen molar-refractivity contribution < 1.29 is 27.5 Å². The molecular weight excluding hydrogens is 399 g/mol. The van der Waals surface area contributed by atoms with Crippen LogP contribution < -0.4 is 4.74 Å². The first kappa shape index (κ1) is 20.4. The number of aliphatic hydroxyl groups is 1. The third-order valence-electron chi connectivity index (χ3n) is 4.96. The van der Waals surface area contributed by atoms with Crippen molar-refractivity contribution in [3.8, 4) is 17.1 Å². The number of aromatic nitrogens is 2. The van der Waals surface area contributed by atoms with E-state index in [1.807, 2.05) is 31.2 Å². The van der Waals surface area contributed by atoms with Crippen molar-refractivity contribution >= 4 is 0 Å². The van der Waals surface area contributed by atoms with Gasteiger partial charge in [-0.1, -0.05) is 35.0 Å². The monoisotopic (exact) mass is 419 g/mol. The first-order chi connectivity index (χ1) is 14.3. The lowest BCUT2D eigenvalue weighted by atomic mass is 10.1. The van der Waals surface area contributed by atoms with Crippen molar-refractivity contribution in [3.63, 3.8) is 0 Å². The summed E-state index contributed by atoms with van der Waals surface area (Å²) in [5.74, 6) is 0.308. The maximum Gasteiger partial charge on any atom is 0.573 e. The molecule has 0 radical (unpaired) electrons. The Morgan fingerprint density at radius 1 is 1.13 bits per heavy atom. The van der Waals surface area contributed by atoms with Gasteiger partial charge in [-0.05, 0) is 43.2 Å². The van der Waals surface area contributed by atoms with Crippen LogP contribution in [0.3, 0.4) is 0 Å². The molecule has 30 heavy (non-hydrogen) atoms. The second-order valence-corrected chi connectivity index (χ2v) is 7.35. The number of hydrogen-bond donors (Lipinski definition) is 1. The Balaban J connectivity index is 1.49. The predicted molar refractivity (Wildman–Crippen MR) is 101 cm³/mol. The van der Waals surface area contributed by atoms with E-state index in [0.717, 1.165) is 5.56 Å². The van der Waals surface area contributed by atoms with Crippen LogP contribution in [0.25, 0.3) is 11.4 Å². The number of hydrogen-bond acceptors (Lipinski definition) is 6. The van der Waals surface area contributed by atoms with Gasteiger partial charge in [0.15, 0.2) is 0 Å². The molecule has 158 valence electrons. The lowest BCUT2D eigenvalue weighted by Crippen LogP contribution is -2.24. The SMILES string of the molecule is Cc1ccc(CN2C[C@H](O)C[C@H]2c2nc(-c3ccc(OC(F)(F)F)cc3)no2)cc1. The van der Waals surface area contributed by atoms with Gasteiger partial charge >= 0.3 is 6.36 Å². The Bertz CT molecular complexity index is 987. The van der Waals surface area contributed by atoms with E-state index >= 15 is 0 Å². The second kappa shape index (κ2) is 8.08. The number of alkyl halides is 3. The van der Waals surface area contributed by atoms with Gasteiger partial charge in [-0.25, -0.2) is 0 Å². The van der Waals surface area contributed by atoms with Gasteiger partial charge in [0.1, 0.15) is 5.75 Å². The molecule has 1 aromatic heterocycles. The Hall–Kier alpha value is -2.91. The van der Waals surface area contributed by atoms with Gasteiger partial charge in [-0.3, -0.25) is 4.90 Å². The van der Waals surface area contributed by atoms with Crippen LogP contribution in [-0.2, 0) is 6.54 Å². The maximum absolute atomic E-state index is 12.3. The number of aliphatic hydroxyl groups excluding tert-OH is 1. The van der Waals surface area contributed by atoms with Crippen LogP contribution in [0.15, 0.2) is 53.1 Å². The summed E-state index contributed by atoms with van der Waals surface area (Å²) < 4.78 is 46.2. The third kappa shape index (κ3) is 4.80. The number of halogens is 3. The molecule has 0 amide bonds. The maximum atomic E-state index is 12.3. The number of ether oxygens (including phenoxy) is 1. The molecule has 9 heteroatoms.